The number of halogens is 5. The molecule has 0 heterocycles. The first kappa shape index (κ1) is 20.0. The van der Waals surface area contributed by atoms with E-state index < -0.39 is 12.5 Å². The third kappa shape index (κ3) is 6.52. The fourth-order valence-electron chi connectivity index (χ4n) is 1.77. The van der Waals surface area contributed by atoms with Gasteiger partial charge in [-0.15, -0.1) is 12.4 Å². The normalized spacial score (nSPS) is 12.9. The van der Waals surface area contributed by atoms with Crippen molar-refractivity contribution in [2.24, 2.45) is 5.73 Å². The van der Waals surface area contributed by atoms with E-state index in [1.807, 2.05) is 0 Å². The van der Waals surface area contributed by atoms with E-state index >= 15 is 0 Å². The summed E-state index contributed by atoms with van der Waals surface area (Å²) in [4.78, 5) is 0. The van der Waals surface area contributed by atoms with E-state index in [2.05, 4.69) is 11.7 Å². The maximum absolute atomic E-state index is 12.7. The van der Waals surface area contributed by atoms with Gasteiger partial charge in [-0.1, -0.05) is 38.3 Å². The van der Waals surface area contributed by atoms with Crippen LogP contribution in [0.25, 0.3) is 0 Å². The fourth-order valence-corrected chi connectivity index (χ4v) is 1.77. The van der Waals surface area contributed by atoms with E-state index in [1.165, 1.54) is 24.3 Å². The van der Waals surface area contributed by atoms with Gasteiger partial charge in [0.25, 0.3) is 0 Å². The van der Waals surface area contributed by atoms with Gasteiger partial charge in [0.1, 0.15) is 5.75 Å². The van der Waals surface area contributed by atoms with E-state index in [9.17, 15) is 17.6 Å². The summed E-state index contributed by atoms with van der Waals surface area (Å²) < 4.78 is 53.3. The molecule has 0 aliphatic rings. The van der Waals surface area contributed by atoms with Crippen molar-refractivity contribution in [3.63, 3.8) is 0 Å². The zero-order chi connectivity index (χ0) is 15.2. The molecule has 122 valence electrons. The molecule has 1 atom stereocenters. The van der Waals surface area contributed by atoms with Crippen LogP contribution in [0.1, 0.15) is 44.2 Å². The molecule has 1 aromatic rings. The van der Waals surface area contributed by atoms with Gasteiger partial charge in [-0.25, -0.2) is 0 Å². The van der Waals surface area contributed by atoms with Gasteiger partial charge >= 0.3 is 12.5 Å². The molecule has 0 amide bonds. The summed E-state index contributed by atoms with van der Waals surface area (Å²) in [6, 6.07) is 5.31. The van der Waals surface area contributed by atoms with Crippen LogP contribution in [-0.4, -0.2) is 12.5 Å². The zero-order valence-electron chi connectivity index (χ0n) is 11.7. The van der Waals surface area contributed by atoms with Gasteiger partial charge in [-0.2, -0.15) is 17.6 Å². The van der Waals surface area contributed by atoms with Crippen molar-refractivity contribution < 1.29 is 22.3 Å². The van der Waals surface area contributed by atoms with Crippen molar-refractivity contribution in [1.82, 2.24) is 0 Å². The maximum atomic E-state index is 12.7. The van der Waals surface area contributed by atoms with Crippen molar-refractivity contribution in [1.29, 1.82) is 0 Å². The molecule has 2 N–H and O–H groups in total. The third-order valence-electron chi connectivity index (χ3n) is 2.93. The van der Waals surface area contributed by atoms with E-state index in [0.29, 0.717) is 0 Å². The molecule has 0 unspecified atom stereocenters. The highest BCUT2D eigenvalue weighted by Gasteiger charge is 2.43. The molecule has 21 heavy (non-hydrogen) atoms. The van der Waals surface area contributed by atoms with Crippen LogP contribution in [0.15, 0.2) is 24.3 Å². The number of hydrogen-bond donors (Lipinski definition) is 1. The van der Waals surface area contributed by atoms with E-state index in [4.69, 9.17) is 5.73 Å². The average Bonchev–Trinajstić information content (AvgIpc) is 2.39. The third-order valence-corrected chi connectivity index (χ3v) is 2.93. The van der Waals surface area contributed by atoms with E-state index in [-0.39, 0.29) is 24.2 Å². The minimum atomic E-state index is -4.48. The lowest BCUT2D eigenvalue weighted by Gasteiger charge is -2.17. The van der Waals surface area contributed by atoms with Gasteiger partial charge in [-0.05, 0) is 24.1 Å². The monoisotopic (exact) mass is 329 g/mol. The summed E-state index contributed by atoms with van der Waals surface area (Å²) in [5.41, 5.74) is 6.72. The van der Waals surface area contributed by atoms with Crippen molar-refractivity contribution in [2.75, 3.05) is 0 Å². The van der Waals surface area contributed by atoms with Crippen LogP contribution in [0.4, 0.5) is 17.6 Å². The maximum Gasteiger partial charge on any atom is 0.461 e. The Balaban J connectivity index is 0.00000400. The molecule has 0 saturated carbocycles. The summed E-state index contributed by atoms with van der Waals surface area (Å²) in [6.07, 6.45) is -4.40. The number of hydrogen-bond acceptors (Lipinski definition) is 2. The summed E-state index contributed by atoms with van der Waals surface area (Å²) in [5.74, 6) is -0.306. The summed E-state index contributed by atoms with van der Waals surface area (Å²) in [5, 5.41) is 0. The molecule has 2 nitrogen and oxygen atoms in total. The Morgan fingerprint density at radius 3 is 2.19 bits per heavy atom. The van der Waals surface area contributed by atoms with Crippen molar-refractivity contribution >= 4 is 12.4 Å². The van der Waals surface area contributed by atoms with Crippen LogP contribution in [0.3, 0.4) is 0 Å². The minimum Gasteiger partial charge on any atom is -0.428 e. The lowest BCUT2D eigenvalue weighted by Crippen LogP contribution is -2.33. The molecule has 0 saturated heterocycles. The van der Waals surface area contributed by atoms with Crippen LogP contribution in [-0.2, 0) is 0 Å². The highest BCUT2D eigenvalue weighted by atomic mass is 35.5. The Bertz CT molecular complexity index is 400. The molecule has 0 aliphatic heterocycles. The highest BCUT2D eigenvalue weighted by molar-refractivity contribution is 5.85. The largest absolute Gasteiger partial charge is 0.461 e. The Kier molecular flexibility index (Phi) is 8.66. The smallest absolute Gasteiger partial charge is 0.428 e. The van der Waals surface area contributed by atoms with Crippen LogP contribution in [0.5, 0.6) is 5.75 Å². The molecule has 0 spiro atoms. The molecule has 0 bridgehead atoms. The number of unbranched alkanes of at least 4 members (excludes halogenated alkanes) is 2. The number of nitrogens with two attached hydrogens (primary N) is 1. The molecule has 1 aromatic carbocycles. The predicted octanol–water partition coefficient (Wildman–Crippen LogP) is 4.93. The quantitative estimate of drug-likeness (QED) is 0.542. The Morgan fingerprint density at radius 1 is 1.14 bits per heavy atom. The molecule has 0 radical (unpaired) electrons. The highest BCUT2D eigenvalue weighted by Crippen LogP contribution is 2.28. The van der Waals surface area contributed by atoms with Gasteiger partial charge < -0.3 is 10.5 Å². The number of benzene rings is 1. The predicted molar refractivity (Wildman–Crippen MR) is 76.3 cm³/mol. The van der Waals surface area contributed by atoms with Crippen molar-refractivity contribution in [3.05, 3.63) is 29.8 Å². The number of rotatable bonds is 8. The molecule has 0 fully saturated rings. The van der Waals surface area contributed by atoms with Gasteiger partial charge in [-0.3, -0.25) is 0 Å². The topological polar surface area (TPSA) is 35.2 Å². The zero-order valence-corrected chi connectivity index (χ0v) is 12.5. The second-order valence-corrected chi connectivity index (χ2v) is 4.64. The Morgan fingerprint density at radius 2 is 1.71 bits per heavy atom. The molecule has 1 rings (SSSR count). The Labute approximate surface area is 128 Å². The van der Waals surface area contributed by atoms with Gasteiger partial charge in [0, 0.05) is 6.04 Å². The first-order valence-electron chi connectivity index (χ1n) is 6.57. The lowest BCUT2D eigenvalue weighted by molar-refractivity contribution is -0.253. The molecule has 0 aromatic heterocycles. The van der Waals surface area contributed by atoms with Crippen LogP contribution >= 0.6 is 12.4 Å². The number of ether oxygens (including phenoxy) is 1. The summed E-state index contributed by atoms with van der Waals surface area (Å²) in [7, 11) is 0. The van der Waals surface area contributed by atoms with Gasteiger partial charge in [0.2, 0.25) is 0 Å². The standard InChI is InChI=1S/C14H19F4NO.ClH/c1-2-3-4-5-12(19)10-6-8-11(9-7-10)20-14(17,18)13(15)16;/h6-9,12-13H,2-5,19H2,1H3;1H/t12-;/m1./s1. The van der Waals surface area contributed by atoms with E-state index in [0.717, 1.165) is 31.2 Å². The van der Waals surface area contributed by atoms with Crippen molar-refractivity contribution in [3.8, 4) is 5.75 Å². The second kappa shape index (κ2) is 9.10. The first-order valence-corrected chi connectivity index (χ1v) is 6.57. The Hall–Kier alpha value is -1.01. The first-order chi connectivity index (χ1) is 9.36. The van der Waals surface area contributed by atoms with Crippen LogP contribution in [0.2, 0.25) is 0 Å². The molecular formula is C14H20ClF4NO. The average molecular weight is 330 g/mol. The summed E-state index contributed by atoms with van der Waals surface area (Å²) in [6.45, 7) is 2.08. The fraction of sp³-hybridized carbons (Fsp3) is 0.571. The van der Waals surface area contributed by atoms with Crippen LogP contribution < -0.4 is 10.5 Å². The van der Waals surface area contributed by atoms with Gasteiger partial charge in [0.05, 0.1) is 0 Å². The lowest BCUT2D eigenvalue weighted by atomic mass is 10.0. The van der Waals surface area contributed by atoms with Crippen molar-refractivity contribution in [2.45, 2.75) is 51.2 Å². The summed E-state index contributed by atoms with van der Waals surface area (Å²) >= 11 is 0. The number of alkyl halides is 4. The van der Waals surface area contributed by atoms with E-state index in [1.54, 1.807) is 0 Å². The van der Waals surface area contributed by atoms with Crippen LogP contribution in [0, 0.1) is 0 Å². The molecule has 0 aliphatic carbocycles. The molecular weight excluding hydrogens is 310 g/mol. The SMILES string of the molecule is CCCCC[C@@H](N)c1ccc(OC(F)(F)C(F)F)cc1.Cl. The minimum absolute atomic E-state index is 0. The second-order valence-electron chi connectivity index (χ2n) is 4.64. The van der Waals surface area contributed by atoms with Gasteiger partial charge in [0.15, 0.2) is 0 Å². The molecule has 7 heteroatoms.